The summed E-state index contributed by atoms with van der Waals surface area (Å²) in [7, 11) is 5.85. The Hall–Kier alpha value is -0.955. The average Bonchev–Trinajstić information content (AvgIpc) is 2.56. The van der Waals surface area contributed by atoms with E-state index in [4.69, 9.17) is 7.98 Å². The van der Waals surface area contributed by atoms with Gasteiger partial charge in [-0.3, -0.25) is 0 Å². The van der Waals surface area contributed by atoms with Crippen molar-refractivity contribution in [1.29, 1.82) is 0 Å². The van der Waals surface area contributed by atoms with Crippen molar-refractivity contribution in [2.24, 2.45) is 0 Å². The van der Waals surface area contributed by atoms with Gasteiger partial charge in [0.05, 0.1) is 0 Å². The number of para-hydroxylation sites is 1. The van der Waals surface area contributed by atoms with Crippen LogP contribution in [0.15, 0.2) is 24.3 Å². The number of rotatable bonds is 0. The number of fused-ring (bicyclic) bond motifs is 3. The average molecular weight is 184 g/mol. The first-order chi connectivity index (χ1) is 6.84. The lowest BCUT2D eigenvalue weighted by atomic mass is 9.88. The smallest absolute Gasteiger partial charge is 0.182 e. The molecule has 0 bridgehead atoms. The molecule has 1 fully saturated rings. The van der Waals surface area contributed by atoms with E-state index in [-0.39, 0.29) is 0 Å². The van der Waals surface area contributed by atoms with Crippen LogP contribution in [-0.4, -0.2) is 31.9 Å². The SMILES string of the molecule is [B]N1CCC2Nc3ccccc3C2C1. The summed E-state index contributed by atoms with van der Waals surface area (Å²) in [6.45, 7) is 1.98. The Labute approximate surface area is 85.7 Å². The molecule has 1 aromatic carbocycles. The molecule has 2 radical (unpaired) electrons. The van der Waals surface area contributed by atoms with Gasteiger partial charge in [0.15, 0.2) is 7.98 Å². The standard InChI is InChI=1S/C11H13BN2/c12-14-6-5-11-9(7-14)8-3-1-2-4-10(8)13-11/h1-4,9,11,13H,5-7H2. The zero-order valence-electron chi connectivity index (χ0n) is 8.11. The molecule has 1 saturated heterocycles. The summed E-state index contributed by atoms with van der Waals surface area (Å²) in [6, 6.07) is 9.18. The number of hydrogen-bond donors (Lipinski definition) is 1. The number of nitrogens with one attached hydrogen (secondary N) is 1. The number of benzene rings is 1. The normalized spacial score (nSPS) is 30.6. The van der Waals surface area contributed by atoms with Gasteiger partial charge in [-0.2, -0.15) is 0 Å². The van der Waals surface area contributed by atoms with Gasteiger partial charge in [-0.15, -0.1) is 0 Å². The second-order valence-corrected chi connectivity index (χ2v) is 4.23. The monoisotopic (exact) mass is 184 g/mol. The summed E-state index contributed by atoms with van der Waals surface area (Å²) >= 11 is 0. The van der Waals surface area contributed by atoms with Crippen LogP contribution in [0.5, 0.6) is 0 Å². The Morgan fingerprint density at radius 3 is 3.14 bits per heavy atom. The maximum Gasteiger partial charge on any atom is 0.182 e. The molecule has 70 valence electrons. The van der Waals surface area contributed by atoms with Crippen LogP contribution in [0.2, 0.25) is 0 Å². The van der Waals surface area contributed by atoms with Gasteiger partial charge in [-0.1, -0.05) is 18.2 Å². The van der Waals surface area contributed by atoms with Crippen LogP contribution in [0, 0.1) is 0 Å². The number of nitrogens with zero attached hydrogens (tertiary/aromatic N) is 1. The summed E-state index contributed by atoms with van der Waals surface area (Å²) in [5.74, 6) is 0.588. The van der Waals surface area contributed by atoms with Crippen molar-refractivity contribution in [2.75, 3.05) is 18.4 Å². The molecule has 2 nitrogen and oxygen atoms in total. The summed E-state index contributed by atoms with van der Waals surface area (Å²) in [5, 5.41) is 3.57. The first-order valence-corrected chi connectivity index (χ1v) is 5.20. The fourth-order valence-electron chi connectivity index (χ4n) is 2.62. The maximum absolute atomic E-state index is 5.85. The van der Waals surface area contributed by atoms with Gasteiger partial charge in [0.1, 0.15) is 0 Å². The Bertz CT molecular complexity index is 353. The molecule has 3 rings (SSSR count). The fourth-order valence-corrected chi connectivity index (χ4v) is 2.62. The summed E-state index contributed by atoms with van der Waals surface area (Å²) in [5.41, 5.74) is 2.74. The second-order valence-electron chi connectivity index (χ2n) is 4.23. The van der Waals surface area contributed by atoms with Gasteiger partial charge in [0.25, 0.3) is 0 Å². The summed E-state index contributed by atoms with van der Waals surface area (Å²) in [6.07, 6.45) is 1.15. The van der Waals surface area contributed by atoms with Crippen molar-refractivity contribution >= 4 is 13.7 Å². The van der Waals surface area contributed by atoms with Crippen molar-refractivity contribution < 1.29 is 0 Å². The highest BCUT2D eigenvalue weighted by molar-refractivity contribution is 6.04. The fraction of sp³-hybridized carbons (Fsp3) is 0.455. The van der Waals surface area contributed by atoms with E-state index in [0.717, 1.165) is 19.5 Å². The molecule has 0 aromatic heterocycles. The lowest BCUT2D eigenvalue weighted by Gasteiger charge is -2.33. The molecule has 2 aliphatic rings. The van der Waals surface area contributed by atoms with Crippen LogP contribution >= 0.6 is 0 Å². The van der Waals surface area contributed by atoms with Crippen LogP contribution in [-0.2, 0) is 0 Å². The zero-order chi connectivity index (χ0) is 9.54. The van der Waals surface area contributed by atoms with Crippen molar-refractivity contribution in [3.05, 3.63) is 29.8 Å². The first kappa shape index (κ1) is 8.36. The minimum Gasteiger partial charge on any atom is -0.381 e. The molecule has 2 aliphatic heterocycles. The molecule has 0 amide bonds. The van der Waals surface area contributed by atoms with E-state index in [2.05, 4.69) is 29.6 Å². The molecule has 3 heteroatoms. The molecular weight excluding hydrogens is 171 g/mol. The minimum absolute atomic E-state index is 0.588. The Morgan fingerprint density at radius 2 is 2.21 bits per heavy atom. The lowest BCUT2D eigenvalue weighted by Crippen LogP contribution is -2.40. The lowest BCUT2D eigenvalue weighted by molar-refractivity contribution is 0.319. The second kappa shape index (κ2) is 3.02. The van der Waals surface area contributed by atoms with Crippen molar-refractivity contribution in [2.45, 2.75) is 18.4 Å². The summed E-state index contributed by atoms with van der Waals surface area (Å²) < 4.78 is 0. The first-order valence-electron chi connectivity index (χ1n) is 5.20. The van der Waals surface area contributed by atoms with E-state index < -0.39 is 0 Å². The molecule has 0 spiro atoms. The molecule has 1 aromatic rings. The van der Waals surface area contributed by atoms with Gasteiger partial charge in [-0.05, 0) is 31.1 Å². The minimum atomic E-state index is 0.588. The molecule has 2 heterocycles. The predicted molar refractivity (Wildman–Crippen MR) is 58.5 cm³/mol. The highest BCUT2D eigenvalue weighted by atomic mass is 15.1. The van der Waals surface area contributed by atoms with Crippen molar-refractivity contribution in [3.63, 3.8) is 0 Å². The van der Waals surface area contributed by atoms with E-state index >= 15 is 0 Å². The Morgan fingerprint density at radius 1 is 1.36 bits per heavy atom. The largest absolute Gasteiger partial charge is 0.381 e. The topological polar surface area (TPSA) is 15.3 Å². The summed E-state index contributed by atoms with van der Waals surface area (Å²) in [4.78, 5) is 1.94. The molecule has 14 heavy (non-hydrogen) atoms. The van der Waals surface area contributed by atoms with E-state index in [1.165, 1.54) is 11.3 Å². The van der Waals surface area contributed by atoms with E-state index in [9.17, 15) is 0 Å². The number of anilines is 1. The van der Waals surface area contributed by atoms with Crippen LogP contribution in [0.4, 0.5) is 5.69 Å². The van der Waals surface area contributed by atoms with Crippen molar-refractivity contribution in [3.8, 4) is 0 Å². The Balaban J connectivity index is 1.97. The van der Waals surface area contributed by atoms with Gasteiger partial charge < -0.3 is 10.1 Å². The molecular formula is C11H13BN2. The molecule has 0 saturated carbocycles. The third-order valence-corrected chi connectivity index (χ3v) is 3.35. The number of hydrogen-bond acceptors (Lipinski definition) is 2. The third kappa shape index (κ3) is 1.16. The highest BCUT2D eigenvalue weighted by Gasteiger charge is 2.34. The number of piperidine rings is 1. The van der Waals surface area contributed by atoms with E-state index in [1.54, 1.807) is 0 Å². The maximum atomic E-state index is 5.85. The highest BCUT2D eigenvalue weighted by Crippen LogP contribution is 2.39. The van der Waals surface area contributed by atoms with E-state index in [0.29, 0.717) is 12.0 Å². The molecule has 0 aliphatic carbocycles. The quantitative estimate of drug-likeness (QED) is 0.612. The molecule has 2 atom stereocenters. The van der Waals surface area contributed by atoms with Crippen molar-refractivity contribution in [1.82, 2.24) is 4.81 Å². The van der Waals surface area contributed by atoms with Crippen LogP contribution in [0.1, 0.15) is 17.9 Å². The molecule has 1 N–H and O–H groups in total. The molecule has 2 unspecified atom stereocenters. The predicted octanol–water partition coefficient (Wildman–Crippen LogP) is 1.35. The van der Waals surface area contributed by atoms with Gasteiger partial charge >= 0.3 is 0 Å². The van der Waals surface area contributed by atoms with Crippen LogP contribution < -0.4 is 5.32 Å². The third-order valence-electron chi connectivity index (χ3n) is 3.35. The van der Waals surface area contributed by atoms with Gasteiger partial charge in [-0.25, -0.2) is 0 Å². The van der Waals surface area contributed by atoms with Gasteiger partial charge in [0, 0.05) is 17.6 Å². The van der Waals surface area contributed by atoms with Crippen LogP contribution in [0.25, 0.3) is 0 Å². The Kier molecular flexibility index (Phi) is 1.81. The van der Waals surface area contributed by atoms with E-state index in [1.807, 2.05) is 4.81 Å². The van der Waals surface area contributed by atoms with Gasteiger partial charge in [0.2, 0.25) is 0 Å². The van der Waals surface area contributed by atoms with Crippen LogP contribution in [0.3, 0.4) is 0 Å². The zero-order valence-corrected chi connectivity index (χ0v) is 8.11.